The molecule has 4 nitrogen and oxygen atoms in total. The fraction of sp³-hybridized carbons (Fsp3) is 0.263. The number of aromatic nitrogens is 2. The van der Waals surface area contributed by atoms with E-state index in [0.717, 1.165) is 41.2 Å². The Morgan fingerprint density at radius 1 is 1.23 bits per heavy atom. The van der Waals surface area contributed by atoms with E-state index in [1.807, 2.05) is 22.2 Å². The minimum absolute atomic E-state index is 0.248. The predicted molar refractivity (Wildman–Crippen MR) is 96.2 cm³/mol. The van der Waals surface area contributed by atoms with Crippen molar-refractivity contribution >= 4 is 17.2 Å². The monoisotopic (exact) mass is 373 g/mol. The van der Waals surface area contributed by atoms with Crippen LogP contribution in [0.4, 0.5) is 8.78 Å². The molecule has 0 atom stereocenters. The molecule has 1 N–H and O–H groups in total. The molecule has 0 saturated heterocycles. The van der Waals surface area contributed by atoms with Crippen molar-refractivity contribution in [3.8, 4) is 10.6 Å². The molecule has 2 heterocycles. The molecule has 0 aliphatic heterocycles. The smallest absolute Gasteiger partial charge is 0.257 e. The Morgan fingerprint density at radius 2 is 2.00 bits per heavy atom. The molecule has 7 heteroatoms. The van der Waals surface area contributed by atoms with Gasteiger partial charge in [0.25, 0.3) is 5.91 Å². The Labute approximate surface area is 153 Å². The quantitative estimate of drug-likeness (QED) is 0.704. The van der Waals surface area contributed by atoms with Crippen molar-refractivity contribution in [2.75, 3.05) is 6.54 Å². The molecule has 134 valence electrons. The third-order valence-corrected chi connectivity index (χ3v) is 5.27. The minimum atomic E-state index is -0.861. The summed E-state index contributed by atoms with van der Waals surface area (Å²) >= 11 is 1.63. The first kappa shape index (κ1) is 16.9. The molecule has 2 aromatic heterocycles. The number of benzene rings is 1. The molecule has 26 heavy (non-hydrogen) atoms. The van der Waals surface area contributed by atoms with E-state index in [1.54, 1.807) is 11.3 Å². The van der Waals surface area contributed by atoms with E-state index in [9.17, 15) is 13.6 Å². The molecule has 1 fully saturated rings. The number of nitrogens with zero attached hydrogens (tertiary/aromatic N) is 2. The number of nitrogens with one attached hydrogen (secondary N) is 1. The van der Waals surface area contributed by atoms with Crippen LogP contribution in [0.1, 0.15) is 34.8 Å². The van der Waals surface area contributed by atoms with Gasteiger partial charge in [-0.25, -0.2) is 8.78 Å². The second kappa shape index (κ2) is 6.99. The molecule has 1 amide bonds. The summed E-state index contributed by atoms with van der Waals surface area (Å²) in [6.07, 6.45) is 2.28. The SMILES string of the molecule is O=C(NCCn1nc(-c2cccs2)cc1C1CC1)c1c(F)cccc1F. The molecule has 0 spiro atoms. The second-order valence-corrected chi connectivity index (χ2v) is 7.23. The summed E-state index contributed by atoms with van der Waals surface area (Å²) in [6, 6.07) is 9.49. The van der Waals surface area contributed by atoms with E-state index in [2.05, 4.69) is 16.5 Å². The molecule has 0 radical (unpaired) electrons. The molecular weight excluding hydrogens is 356 g/mol. The van der Waals surface area contributed by atoms with Gasteiger partial charge < -0.3 is 5.32 Å². The van der Waals surface area contributed by atoms with Gasteiger partial charge in [-0.15, -0.1) is 11.3 Å². The number of hydrogen-bond donors (Lipinski definition) is 1. The largest absolute Gasteiger partial charge is 0.350 e. The third-order valence-electron chi connectivity index (χ3n) is 4.38. The van der Waals surface area contributed by atoms with Crippen molar-refractivity contribution in [2.45, 2.75) is 25.3 Å². The van der Waals surface area contributed by atoms with Gasteiger partial charge in [-0.05, 0) is 42.5 Å². The average molecular weight is 373 g/mol. The van der Waals surface area contributed by atoms with Crippen molar-refractivity contribution in [1.29, 1.82) is 0 Å². The lowest BCUT2D eigenvalue weighted by Gasteiger charge is -2.09. The molecule has 3 aromatic rings. The van der Waals surface area contributed by atoms with E-state index in [-0.39, 0.29) is 6.54 Å². The summed E-state index contributed by atoms with van der Waals surface area (Å²) in [5.74, 6) is -1.96. The Kier molecular flexibility index (Phi) is 4.55. The standard InChI is InChI=1S/C19H17F2N3OS/c20-13-3-1-4-14(21)18(13)19(25)22-8-9-24-16(12-6-7-12)11-15(23-24)17-5-2-10-26-17/h1-5,10-12H,6-9H2,(H,22,25). The maximum Gasteiger partial charge on any atom is 0.257 e. The van der Waals surface area contributed by atoms with Crippen LogP contribution < -0.4 is 5.32 Å². The van der Waals surface area contributed by atoms with Crippen molar-refractivity contribution in [1.82, 2.24) is 15.1 Å². The van der Waals surface area contributed by atoms with Crippen LogP contribution in [0, 0.1) is 11.6 Å². The van der Waals surface area contributed by atoms with Crippen LogP contribution in [0.25, 0.3) is 10.6 Å². The summed E-state index contributed by atoms with van der Waals surface area (Å²) in [5.41, 5.74) is 1.53. The van der Waals surface area contributed by atoms with Gasteiger partial charge in [-0.2, -0.15) is 5.10 Å². The van der Waals surface area contributed by atoms with Gasteiger partial charge in [0.05, 0.1) is 11.4 Å². The van der Waals surface area contributed by atoms with Gasteiger partial charge in [-0.1, -0.05) is 12.1 Å². The Morgan fingerprint density at radius 3 is 2.65 bits per heavy atom. The molecule has 0 bridgehead atoms. The van der Waals surface area contributed by atoms with Gasteiger partial charge in [0, 0.05) is 18.2 Å². The lowest BCUT2D eigenvalue weighted by Crippen LogP contribution is -2.29. The highest BCUT2D eigenvalue weighted by molar-refractivity contribution is 7.13. The van der Waals surface area contributed by atoms with Crippen LogP contribution in [0.5, 0.6) is 0 Å². The van der Waals surface area contributed by atoms with E-state index in [0.29, 0.717) is 12.5 Å². The number of carbonyl (C=O) groups is 1. The molecule has 0 unspecified atom stereocenters. The molecule has 1 aliphatic carbocycles. The highest BCUT2D eigenvalue weighted by Crippen LogP contribution is 2.41. The third kappa shape index (κ3) is 3.39. The van der Waals surface area contributed by atoms with E-state index in [1.165, 1.54) is 6.07 Å². The van der Waals surface area contributed by atoms with Gasteiger partial charge >= 0.3 is 0 Å². The van der Waals surface area contributed by atoms with Crippen LogP contribution in [0.15, 0.2) is 41.8 Å². The first-order valence-electron chi connectivity index (χ1n) is 8.47. The van der Waals surface area contributed by atoms with Crippen LogP contribution >= 0.6 is 11.3 Å². The van der Waals surface area contributed by atoms with E-state index >= 15 is 0 Å². The Bertz CT molecular complexity index is 912. The van der Waals surface area contributed by atoms with Crippen LogP contribution in [-0.4, -0.2) is 22.2 Å². The lowest BCUT2D eigenvalue weighted by atomic mass is 10.2. The average Bonchev–Trinajstić information content (AvgIpc) is 3.14. The van der Waals surface area contributed by atoms with Gasteiger partial charge in [0.15, 0.2) is 0 Å². The fourth-order valence-corrected chi connectivity index (χ4v) is 3.62. The van der Waals surface area contributed by atoms with Gasteiger partial charge in [0.1, 0.15) is 22.9 Å². The zero-order valence-electron chi connectivity index (χ0n) is 13.9. The first-order valence-corrected chi connectivity index (χ1v) is 9.35. The van der Waals surface area contributed by atoms with Crippen molar-refractivity contribution in [2.24, 2.45) is 0 Å². The number of carbonyl (C=O) groups excluding carboxylic acids is 1. The summed E-state index contributed by atoms with van der Waals surface area (Å²) in [7, 11) is 0. The van der Waals surface area contributed by atoms with Crippen LogP contribution in [-0.2, 0) is 6.54 Å². The normalized spacial score (nSPS) is 13.8. The van der Waals surface area contributed by atoms with Crippen LogP contribution in [0.3, 0.4) is 0 Å². The zero-order chi connectivity index (χ0) is 18.1. The fourth-order valence-electron chi connectivity index (χ4n) is 2.94. The van der Waals surface area contributed by atoms with Crippen molar-refractivity contribution < 1.29 is 13.6 Å². The highest BCUT2D eigenvalue weighted by atomic mass is 32.1. The Hall–Kier alpha value is -2.54. The van der Waals surface area contributed by atoms with E-state index < -0.39 is 23.1 Å². The number of thiophene rings is 1. The maximum absolute atomic E-state index is 13.7. The van der Waals surface area contributed by atoms with Gasteiger partial charge in [-0.3, -0.25) is 9.48 Å². The second-order valence-electron chi connectivity index (χ2n) is 6.28. The lowest BCUT2D eigenvalue weighted by molar-refractivity contribution is 0.0943. The predicted octanol–water partition coefficient (Wildman–Crippen LogP) is 4.20. The first-order chi connectivity index (χ1) is 12.6. The number of hydrogen-bond acceptors (Lipinski definition) is 3. The number of halogens is 2. The Balaban J connectivity index is 1.45. The van der Waals surface area contributed by atoms with Crippen molar-refractivity contribution in [3.63, 3.8) is 0 Å². The van der Waals surface area contributed by atoms with Crippen molar-refractivity contribution in [3.05, 3.63) is 64.7 Å². The number of rotatable bonds is 6. The molecule has 4 rings (SSSR count). The molecule has 1 aromatic carbocycles. The molecule has 1 saturated carbocycles. The van der Waals surface area contributed by atoms with E-state index in [4.69, 9.17) is 0 Å². The zero-order valence-corrected chi connectivity index (χ0v) is 14.7. The summed E-state index contributed by atoms with van der Waals surface area (Å²) in [5, 5.41) is 9.24. The molecule has 1 aliphatic rings. The summed E-state index contributed by atoms with van der Waals surface area (Å²) < 4.78 is 29.2. The highest BCUT2D eigenvalue weighted by Gasteiger charge is 2.28. The molecular formula is C19H17F2N3OS. The van der Waals surface area contributed by atoms with Crippen LogP contribution in [0.2, 0.25) is 0 Å². The minimum Gasteiger partial charge on any atom is -0.350 e. The topological polar surface area (TPSA) is 46.9 Å². The maximum atomic E-state index is 13.7. The summed E-state index contributed by atoms with van der Waals surface area (Å²) in [6.45, 7) is 0.705. The number of amides is 1. The summed E-state index contributed by atoms with van der Waals surface area (Å²) in [4.78, 5) is 13.2. The van der Waals surface area contributed by atoms with Gasteiger partial charge in [0.2, 0.25) is 0 Å².